The van der Waals surface area contributed by atoms with Gasteiger partial charge in [-0.1, -0.05) is 41.6 Å². The van der Waals surface area contributed by atoms with E-state index in [2.05, 4.69) is 15.3 Å². The number of benzene rings is 2. The first-order valence-electron chi connectivity index (χ1n) is 8.91. The number of ether oxygens (including phenoxy) is 2. The van der Waals surface area contributed by atoms with E-state index < -0.39 is 0 Å². The van der Waals surface area contributed by atoms with Gasteiger partial charge in [-0.05, 0) is 49.2 Å². The van der Waals surface area contributed by atoms with E-state index in [1.165, 1.54) is 11.8 Å². The number of nitrogens with zero attached hydrogens (tertiary/aromatic N) is 4. The minimum Gasteiger partial charge on any atom is -0.490 e. The van der Waals surface area contributed by atoms with Crippen LogP contribution in [0.1, 0.15) is 25.0 Å². The maximum absolute atomic E-state index is 6.21. The minimum absolute atomic E-state index is 0.564. The van der Waals surface area contributed by atoms with Crippen LogP contribution in [-0.4, -0.2) is 34.3 Å². The summed E-state index contributed by atoms with van der Waals surface area (Å²) in [5.41, 5.74) is 1.93. The second-order valence-electron chi connectivity index (χ2n) is 5.65. The lowest BCUT2D eigenvalue weighted by Crippen LogP contribution is -1.99. The van der Waals surface area contributed by atoms with Crippen LogP contribution in [0, 0.1) is 0 Å². The Morgan fingerprint density at radius 1 is 1.11 bits per heavy atom. The molecular weight excluding hydrogens is 396 g/mol. The lowest BCUT2D eigenvalue weighted by Gasteiger charge is -2.11. The van der Waals surface area contributed by atoms with Crippen LogP contribution in [0.2, 0.25) is 5.02 Å². The molecule has 0 saturated heterocycles. The van der Waals surface area contributed by atoms with Crippen molar-refractivity contribution < 1.29 is 9.47 Å². The quantitative estimate of drug-likeness (QED) is 0.366. The average Bonchev–Trinajstić information content (AvgIpc) is 3.15. The predicted molar refractivity (Wildman–Crippen MR) is 113 cm³/mol. The lowest BCUT2D eigenvalue weighted by molar-refractivity contribution is 0.288. The van der Waals surface area contributed by atoms with Gasteiger partial charge in [-0.25, -0.2) is 0 Å². The summed E-state index contributed by atoms with van der Waals surface area (Å²) in [6.07, 6.45) is 3.31. The van der Waals surface area contributed by atoms with Gasteiger partial charge in [-0.15, -0.1) is 10.2 Å². The molecule has 0 spiro atoms. The summed E-state index contributed by atoms with van der Waals surface area (Å²) in [7, 11) is 0. The van der Waals surface area contributed by atoms with Crippen molar-refractivity contribution in [3.05, 3.63) is 64.9 Å². The molecule has 0 atom stereocenters. The van der Waals surface area contributed by atoms with Crippen molar-refractivity contribution in [2.75, 3.05) is 13.2 Å². The van der Waals surface area contributed by atoms with Crippen molar-refractivity contribution in [2.24, 2.45) is 5.10 Å². The molecule has 6 nitrogen and oxygen atoms in total. The molecule has 0 N–H and O–H groups in total. The summed E-state index contributed by atoms with van der Waals surface area (Å²) < 4.78 is 12.9. The Balaban J connectivity index is 1.72. The van der Waals surface area contributed by atoms with Gasteiger partial charge in [-0.3, -0.25) is 0 Å². The monoisotopic (exact) mass is 416 g/mol. The number of thioether (sulfide) groups is 1. The Kier molecular flexibility index (Phi) is 7.33. The van der Waals surface area contributed by atoms with Crippen LogP contribution >= 0.6 is 23.4 Å². The van der Waals surface area contributed by atoms with Crippen LogP contribution in [0.5, 0.6) is 11.5 Å². The molecular formula is C20H21ClN4O2S. The van der Waals surface area contributed by atoms with Gasteiger partial charge in [-0.2, -0.15) is 9.78 Å². The van der Waals surface area contributed by atoms with E-state index in [1.54, 1.807) is 17.2 Å². The van der Waals surface area contributed by atoms with Crippen LogP contribution in [0.3, 0.4) is 0 Å². The molecule has 0 saturated carbocycles. The third-order valence-corrected chi connectivity index (χ3v) is 5.06. The van der Waals surface area contributed by atoms with Gasteiger partial charge >= 0.3 is 0 Å². The van der Waals surface area contributed by atoms with Gasteiger partial charge in [0, 0.05) is 10.8 Å². The van der Waals surface area contributed by atoms with E-state index in [4.69, 9.17) is 21.1 Å². The number of halogens is 1. The topological polar surface area (TPSA) is 61.5 Å². The van der Waals surface area contributed by atoms with Gasteiger partial charge in [0.05, 0.1) is 19.4 Å². The molecule has 0 aliphatic rings. The summed E-state index contributed by atoms with van der Waals surface area (Å²) in [5, 5.41) is 14.0. The lowest BCUT2D eigenvalue weighted by atomic mass is 10.2. The highest BCUT2D eigenvalue weighted by Crippen LogP contribution is 2.28. The van der Waals surface area contributed by atoms with Crippen molar-refractivity contribution in [3.8, 4) is 11.5 Å². The summed E-state index contributed by atoms with van der Waals surface area (Å²) >= 11 is 7.74. The molecule has 1 aromatic heterocycles. The summed E-state index contributed by atoms with van der Waals surface area (Å²) in [4.78, 5) is 0. The number of aromatic nitrogens is 3. The fourth-order valence-corrected chi connectivity index (χ4v) is 3.58. The van der Waals surface area contributed by atoms with Crippen LogP contribution < -0.4 is 9.47 Å². The molecule has 0 radical (unpaired) electrons. The summed E-state index contributed by atoms with van der Waals surface area (Å²) in [6, 6.07) is 13.5. The summed E-state index contributed by atoms with van der Waals surface area (Å²) in [5.74, 6) is 2.11. The molecule has 28 heavy (non-hydrogen) atoms. The van der Waals surface area contributed by atoms with E-state index in [0.717, 1.165) is 21.9 Å². The predicted octanol–water partition coefficient (Wildman–Crippen LogP) is 4.90. The molecule has 8 heteroatoms. The molecule has 0 bridgehead atoms. The number of hydrogen-bond acceptors (Lipinski definition) is 6. The van der Waals surface area contributed by atoms with E-state index in [9.17, 15) is 0 Å². The molecule has 0 aliphatic heterocycles. The van der Waals surface area contributed by atoms with Gasteiger partial charge in [0.1, 0.15) is 6.33 Å². The van der Waals surface area contributed by atoms with Crippen LogP contribution in [0.15, 0.2) is 59.0 Å². The fraction of sp³-hybridized carbons (Fsp3) is 0.250. The van der Waals surface area contributed by atoms with Crippen molar-refractivity contribution in [2.45, 2.75) is 24.8 Å². The zero-order valence-electron chi connectivity index (χ0n) is 15.7. The molecule has 0 aliphatic carbocycles. The molecule has 0 unspecified atom stereocenters. The fourth-order valence-electron chi connectivity index (χ4n) is 2.43. The van der Waals surface area contributed by atoms with E-state index in [-0.39, 0.29) is 0 Å². The average molecular weight is 417 g/mol. The van der Waals surface area contributed by atoms with E-state index in [0.29, 0.717) is 29.9 Å². The third kappa shape index (κ3) is 5.27. The Bertz CT molecular complexity index is 945. The molecule has 146 valence electrons. The Labute approximate surface area is 173 Å². The second kappa shape index (κ2) is 10.1. The molecule has 1 heterocycles. The number of rotatable bonds is 9. The van der Waals surface area contributed by atoms with Crippen molar-refractivity contribution in [1.29, 1.82) is 0 Å². The van der Waals surface area contributed by atoms with Crippen molar-refractivity contribution in [1.82, 2.24) is 14.9 Å². The Hall–Kier alpha value is -2.51. The van der Waals surface area contributed by atoms with E-state index in [1.807, 2.05) is 56.3 Å². The van der Waals surface area contributed by atoms with Crippen LogP contribution in [-0.2, 0) is 5.75 Å². The summed E-state index contributed by atoms with van der Waals surface area (Å²) in [6.45, 7) is 5.03. The smallest absolute Gasteiger partial charge is 0.212 e. The molecule has 3 rings (SSSR count). The van der Waals surface area contributed by atoms with Crippen LogP contribution in [0.25, 0.3) is 0 Å². The van der Waals surface area contributed by atoms with Crippen LogP contribution in [0.4, 0.5) is 0 Å². The maximum atomic E-state index is 6.21. The zero-order chi connectivity index (χ0) is 19.8. The maximum Gasteiger partial charge on any atom is 0.212 e. The largest absolute Gasteiger partial charge is 0.490 e. The van der Waals surface area contributed by atoms with Gasteiger partial charge in [0.2, 0.25) is 5.16 Å². The normalized spacial score (nSPS) is 11.1. The van der Waals surface area contributed by atoms with Gasteiger partial charge in [0.15, 0.2) is 11.5 Å². The molecule has 0 fully saturated rings. The third-order valence-electron chi connectivity index (χ3n) is 3.71. The highest BCUT2D eigenvalue weighted by atomic mass is 35.5. The van der Waals surface area contributed by atoms with E-state index >= 15 is 0 Å². The first kappa shape index (κ1) is 20.2. The number of hydrogen-bond donors (Lipinski definition) is 0. The van der Waals surface area contributed by atoms with Gasteiger partial charge in [0.25, 0.3) is 0 Å². The Morgan fingerprint density at radius 3 is 2.68 bits per heavy atom. The highest BCUT2D eigenvalue weighted by molar-refractivity contribution is 7.98. The SMILES string of the molecule is CCOc1ccc(/C=N\n2cnnc2SCc2ccccc2Cl)cc1OCC. The van der Waals surface area contributed by atoms with Crippen molar-refractivity contribution >= 4 is 29.6 Å². The molecule has 3 aromatic rings. The standard InChI is InChI=1S/C20H21ClN4O2S/c1-3-26-18-10-9-15(11-19(18)27-4-2)12-23-25-14-22-24-20(25)28-13-16-7-5-6-8-17(16)21/h5-12,14H,3-4,13H2,1-2H3/b23-12-. The second-order valence-corrected chi connectivity index (χ2v) is 7.00. The van der Waals surface area contributed by atoms with Crippen molar-refractivity contribution in [3.63, 3.8) is 0 Å². The molecule has 2 aromatic carbocycles. The highest BCUT2D eigenvalue weighted by Gasteiger charge is 2.08. The zero-order valence-corrected chi connectivity index (χ0v) is 17.3. The molecule has 0 amide bonds. The minimum atomic E-state index is 0.564. The van der Waals surface area contributed by atoms with Gasteiger partial charge < -0.3 is 9.47 Å². The first-order chi connectivity index (χ1) is 13.7. The Morgan fingerprint density at radius 2 is 1.89 bits per heavy atom. The first-order valence-corrected chi connectivity index (χ1v) is 10.3.